The number of hydrogen-bond acceptors (Lipinski definition) is 6. The summed E-state index contributed by atoms with van der Waals surface area (Å²) >= 11 is 14.0. The average Bonchev–Trinajstić information content (AvgIpc) is 3.27. The summed E-state index contributed by atoms with van der Waals surface area (Å²) in [5.41, 5.74) is 1.94. The molecule has 1 N–H and O–H groups in total. The van der Waals surface area contributed by atoms with E-state index >= 15 is 0 Å². The van der Waals surface area contributed by atoms with Crippen molar-refractivity contribution in [3.8, 4) is 11.4 Å². The zero-order valence-electron chi connectivity index (χ0n) is 18.2. The van der Waals surface area contributed by atoms with Gasteiger partial charge in [-0.2, -0.15) is 16.7 Å². The van der Waals surface area contributed by atoms with Gasteiger partial charge in [-0.1, -0.05) is 52.6 Å². The highest BCUT2D eigenvalue weighted by molar-refractivity contribution is 7.98. The number of nitrogens with one attached hydrogen (secondary N) is 1. The Morgan fingerprint density at radius 1 is 1.21 bits per heavy atom. The summed E-state index contributed by atoms with van der Waals surface area (Å²) < 4.78 is 5.44. The van der Waals surface area contributed by atoms with Gasteiger partial charge in [-0.3, -0.25) is 9.69 Å². The number of carbonyl (C=O) groups is 1. The van der Waals surface area contributed by atoms with Crippen LogP contribution in [0.3, 0.4) is 0 Å². The smallest absolute Gasteiger partial charge is 0.241 e. The SMILES string of the molecule is O=C(NCCSCc1cccc(Cl)c1)C1CCCN(Cc2nc(-c3ccccc3Cl)no2)C1. The molecule has 4 rings (SSSR count). The van der Waals surface area contributed by atoms with Crippen LogP contribution in [0.4, 0.5) is 0 Å². The Hall–Kier alpha value is -2.06. The topological polar surface area (TPSA) is 71.3 Å². The van der Waals surface area contributed by atoms with Gasteiger partial charge in [-0.25, -0.2) is 0 Å². The first-order valence-electron chi connectivity index (χ1n) is 11.0. The monoisotopic (exact) mass is 504 g/mol. The van der Waals surface area contributed by atoms with Crippen LogP contribution in [0, 0.1) is 5.92 Å². The fourth-order valence-corrected chi connectivity index (χ4v) is 5.12. The van der Waals surface area contributed by atoms with E-state index < -0.39 is 0 Å². The molecule has 0 spiro atoms. The number of hydrogen-bond donors (Lipinski definition) is 1. The molecule has 1 aliphatic heterocycles. The molecular formula is C24H26Cl2N4O2S. The third kappa shape index (κ3) is 6.96. The molecule has 1 fully saturated rings. The minimum Gasteiger partial charge on any atom is -0.355 e. The van der Waals surface area contributed by atoms with E-state index in [1.165, 1.54) is 5.56 Å². The Bertz CT molecular complexity index is 1080. The summed E-state index contributed by atoms with van der Waals surface area (Å²) in [7, 11) is 0. The molecule has 2 aromatic carbocycles. The Morgan fingerprint density at radius 2 is 2.09 bits per heavy atom. The minimum atomic E-state index is -0.0253. The molecular weight excluding hydrogens is 479 g/mol. The maximum Gasteiger partial charge on any atom is 0.241 e. The van der Waals surface area contributed by atoms with Crippen LogP contribution in [-0.2, 0) is 17.1 Å². The second-order valence-corrected chi connectivity index (χ2v) is 9.99. The standard InChI is InChI=1S/C24H26Cl2N4O2S/c25-19-7-3-5-17(13-19)16-33-12-10-27-24(31)18-6-4-11-30(14-18)15-22-28-23(29-32-22)20-8-1-2-9-21(20)26/h1-3,5,7-9,13,18H,4,6,10-12,14-16H2,(H,27,31). The highest BCUT2D eigenvalue weighted by Crippen LogP contribution is 2.26. The third-order valence-corrected chi connectivity index (χ3v) is 7.12. The van der Waals surface area contributed by atoms with Crippen LogP contribution >= 0.6 is 35.0 Å². The lowest BCUT2D eigenvalue weighted by Gasteiger charge is -2.30. The summed E-state index contributed by atoms with van der Waals surface area (Å²) in [6, 6.07) is 15.3. The molecule has 2 heterocycles. The highest BCUT2D eigenvalue weighted by atomic mass is 35.5. The first-order chi connectivity index (χ1) is 16.1. The summed E-state index contributed by atoms with van der Waals surface area (Å²) in [6.07, 6.45) is 1.86. The van der Waals surface area contributed by atoms with E-state index in [2.05, 4.69) is 26.4 Å². The Labute approximate surface area is 208 Å². The Balaban J connectivity index is 1.20. The molecule has 0 radical (unpaired) electrons. The van der Waals surface area contributed by atoms with Crippen molar-refractivity contribution < 1.29 is 9.32 Å². The van der Waals surface area contributed by atoms with E-state index in [4.69, 9.17) is 27.7 Å². The molecule has 1 aromatic heterocycles. The summed E-state index contributed by atoms with van der Waals surface area (Å²) in [6.45, 7) is 2.77. The molecule has 1 aliphatic rings. The molecule has 1 unspecified atom stereocenters. The molecule has 1 amide bonds. The van der Waals surface area contributed by atoms with Crippen LogP contribution in [0.2, 0.25) is 10.0 Å². The van der Waals surface area contributed by atoms with E-state index in [1.54, 1.807) is 17.8 Å². The van der Waals surface area contributed by atoms with Crippen molar-refractivity contribution in [3.63, 3.8) is 0 Å². The van der Waals surface area contributed by atoms with Crippen molar-refractivity contribution >= 4 is 40.9 Å². The molecule has 0 aliphatic carbocycles. The Kier molecular flexibility index (Phi) is 8.67. The normalized spacial score (nSPS) is 16.6. The number of amides is 1. The van der Waals surface area contributed by atoms with Gasteiger partial charge >= 0.3 is 0 Å². The van der Waals surface area contributed by atoms with E-state index in [0.29, 0.717) is 36.4 Å². The second kappa shape index (κ2) is 11.9. The molecule has 0 saturated carbocycles. The molecule has 1 saturated heterocycles. The minimum absolute atomic E-state index is 0.0253. The van der Waals surface area contributed by atoms with Gasteiger partial charge in [0.25, 0.3) is 0 Å². The first-order valence-corrected chi connectivity index (χ1v) is 12.9. The van der Waals surface area contributed by atoms with Gasteiger partial charge < -0.3 is 9.84 Å². The molecule has 3 aromatic rings. The summed E-state index contributed by atoms with van der Waals surface area (Å²) in [5, 5.41) is 8.49. The maximum absolute atomic E-state index is 12.7. The van der Waals surface area contributed by atoms with Gasteiger partial charge in [-0.05, 0) is 49.2 Å². The second-order valence-electron chi connectivity index (χ2n) is 8.04. The number of nitrogens with zero attached hydrogens (tertiary/aromatic N) is 3. The fourth-order valence-electron chi connectivity index (χ4n) is 3.88. The molecule has 174 valence electrons. The van der Waals surface area contributed by atoms with Crippen molar-refractivity contribution in [2.24, 2.45) is 5.92 Å². The van der Waals surface area contributed by atoms with Crippen LogP contribution < -0.4 is 5.32 Å². The number of piperidine rings is 1. The first kappa shape index (κ1) is 24.1. The number of aromatic nitrogens is 2. The molecule has 6 nitrogen and oxygen atoms in total. The van der Waals surface area contributed by atoms with Crippen LogP contribution in [0.1, 0.15) is 24.3 Å². The van der Waals surface area contributed by atoms with Crippen LogP contribution in [-0.4, -0.2) is 46.3 Å². The molecule has 9 heteroatoms. The molecule has 1 atom stereocenters. The largest absolute Gasteiger partial charge is 0.355 e. The maximum atomic E-state index is 12.7. The van der Waals surface area contributed by atoms with Gasteiger partial charge in [0.05, 0.1) is 17.5 Å². The quantitative estimate of drug-likeness (QED) is 0.398. The number of benzene rings is 2. The fraction of sp³-hybridized carbons (Fsp3) is 0.375. The van der Waals surface area contributed by atoms with E-state index in [-0.39, 0.29) is 11.8 Å². The molecule has 0 bridgehead atoms. The van der Waals surface area contributed by atoms with Gasteiger partial charge in [0, 0.05) is 35.2 Å². The predicted octanol–water partition coefficient (Wildman–Crippen LogP) is 5.31. The van der Waals surface area contributed by atoms with Crippen LogP contribution in [0.5, 0.6) is 0 Å². The van der Waals surface area contributed by atoms with E-state index in [9.17, 15) is 4.79 Å². The van der Waals surface area contributed by atoms with Crippen molar-refractivity contribution in [3.05, 3.63) is 70.0 Å². The van der Waals surface area contributed by atoms with Crippen molar-refractivity contribution in [1.82, 2.24) is 20.4 Å². The summed E-state index contributed by atoms with van der Waals surface area (Å²) in [4.78, 5) is 19.4. The zero-order chi connectivity index (χ0) is 23.0. The van der Waals surface area contributed by atoms with Crippen molar-refractivity contribution in [2.45, 2.75) is 25.1 Å². The van der Waals surface area contributed by atoms with Gasteiger partial charge in [0.15, 0.2) is 0 Å². The molecule has 33 heavy (non-hydrogen) atoms. The lowest BCUT2D eigenvalue weighted by molar-refractivity contribution is -0.126. The van der Waals surface area contributed by atoms with E-state index in [1.807, 2.05) is 36.4 Å². The third-order valence-electron chi connectivity index (χ3n) is 5.52. The lowest BCUT2D eigenvalue weighted by Crippen LogP contribution is -2.43. The van der Waals surface area contributed by atoms with Crippen molar-refractivity contribution in [2.75, 3.05) is 25.4 Å². The van der Waals surface area contributed by atoms with Gasteiger partial charge in [0.1, 0.15) is 0 Å². The Morgan fingerprint density at radius 3 is 2.94 bits per heavy atom. The van der Waals surface area contributed by atoms with Crippen molar-refractivity contribution in [1.29, 1.82) is 0 Å². The number of likely N-dealkylation sites (tertiary alicyclic amines) is 1. The number of carbonyl (C=O) groups excluding carboxylic acids is 1. The average molecular weight is 505 g/mol. The van der Waals surface area contributed by atoms with Crippen LogP contribution in [0.25, 0.3) is 11.4 Å². The highest BCUT2D eigenvalue weighted by Gasteiger charge is 2.26. The van der Waals surface area contributed by atoms with Gasteiger partial charge in [0.2, 0.25) is 17.6 Å². The number of rotatable bonds is 9. The predicted molar refractivity (Wildman–Crippen MR) is 133 cm³/mol. The van der Waals surface area contributed by atoms with Crippen LogP contribution in [0.15, 0.2) is 53.1 Å². The number of thioether (sulfide) groups is 1. The van der Waals surface area contributed by atoms with E-state index in [0.717, 1.165) is 41.5 Å². The zero-order valence-corrected chi connectivity index (χ0v) is 20.5. The number of halogens is 2. The lowest BCUT2D eigenvalue weighted by atomic mass is 9.97. The summed E-state index contributed by atoms with van der Waals surface area (Å²) in [5.74, 6) is 2.85. The van der Waals surface area contributed by atoms with Gasteiger partial charge in [-0.15, -0.1) is 0 Å².